The number of nitrogens with zero attached hydrogens (tertiary/aromatic N) is 3. The fourth-order valence-electron chi connectivity index (χ4n) is 8.78. The van der Waals surface area contributed by atoms with Gasteiger partial charge < -0.3 is 4.74 Å². The van der Waals surface area contributed by atoms with Gasteiger partial charge in [-0.25, -0.2) is 4.79 Å². The minimum absolute atomic E-state index is 0.0918. The molecule has 0 amide bonds. The summed E-state index contributed by atoms with van der Waals surface area (Å²) in [6, 6.07) is 19.8. The Kier molecular flexibility index (Phi) is 7.14. The van der Waals surface area contributed by atoms with E-state index < -0.39 is 0 Å². The first-order valence-corrected chi connectivity index (χ1v) is 16.8. The maximum atomic E-state index is 13.4. The lowest BCUT2D eigenvalue weighted by Gasteiger charge is -2.37. The maximum Gasteiger partial charge on any atom is 0.404 e. The molecule has 4 heterocycles. The first kappa shape index (κ1) is 29.7. The van der Waals surface area contributed by atoms with Crippen LogP contribution in [-0.4, -0.2) is 17.8 Å². The number of esters is 1. The molecule has 2 unspecified atom stereocenters. The van der Waals surface area contributed by atoms with Gasteiger partial charge in [-0.1, -0.05) is 88.5 Å². The van der Waals surface area contributed by atoms with Crippen molar-refractivity contribution >= 4 is 39.2 Å². The minimum Gasteiger partial charge on any atom is -0.461 e. The van der Waals surface area contributed by atoms with Crippen molar-refractivity contribution in [2.75, 3.05) is 7.11 Å². The number of carbonyl (C=O) groups excluding carboxylic acids is 1. The zero-order valence-electron chi connectivity index (χ0n) is 28.0. The topological polar surface area (TPSA) is 39.2 Å². The van der Waals surface area contributed by atoms with Gasteiger partial charge in [-0.3, -0.25) is 0 Å². The number of allylic oxidation sites excluding steroid dienone is 1. The zero-order valence-corrected chi connectivity index (χ0v) is 28.0. The Bertz CT molecular complexity index is 2000. The number of hydrogen-bond donors (Lipinski definition) is 0. The van der Waals surface area contributed by atoms with Crippen LogP contribution in [0.1, 0.15) is 99.6 Å². The SMILES string of the molecule is CCC1(CC)c2cccc3c(CC(C)(C)C)cc4c5c(n([n+]4c23)CC1C[n+]1ccc2ccccc2c1C(=O)OC)C(C)CC=C5. The van der Waals surface area contributed by atoms with Gasteiger partial charge in [0.05, 0.1) is 41.6 Å². The van der Waals surface area contributed by atoms with Crippen LogP contribution in [0.15, 0.2) is 66.9 Å². The van der Waals surface area contributed by atoms with Crippen LogP contribution >= 0.6 is 0 Å². The minimum atomic E-state index is -0.287. The predicted octanol–water partition coefficient (Wildman–Crippen LogP) is 8.10. The van der Waals surface area contributed by atoms with E-state index in [2.05, 4.69) is 110 Å². The largest absolute Gasteiger partial charge is 0.461 e. The van der Waals surface area contributed by atoms with E-state index in [1.54, 1.807) is 0 Å². The van der Waals surface area contributed by atoms with Gasteiger partial charge in [-0.15, -0.1) is 4.68 Å². The van der Waals surface area contributed by atoms with Crippen LogP contribution in [0.25, 0.3) is 33.3 Å². The third-order valence-corrected chi connectivity index (χ3v) is 10.9. The van der Waals surface area contributed by atoms with E-state index in [1.165, 1.54) is 45.9 Å². The molecule has 1 aliphatic carbocycles. The third-order valence-electron chi connectivity index (χ3n) is 10.9. The number of benzene rings is 2. The summed E-state index contributed by atoms with van der Waals surface area (Å²) < 4.78 is 12.8. The molecule has 0 bridgehead atoms. The molecule has 0 saturated carbocycles. The van der Waals surface area contributed by atoms with Crippen LogP contribution in [-0.2, 0) is 29.7 Å². The molecule has 232 valence electrons. The highest BCUT2D eigenvalue weighted by molar-refractivity contribution is 6.01. The van der Waals surface area contributed by atoms with E-state index >= 15 is 0 Å². The summed E-state index contributed by atoms with van der Waals surface area (Å²) in [5.41, 5.74) is 9.07. The Hall–Kier alpha value is -3.99. The Morgan fingerprint density at radius 3 is 2.53 bits per heavy atom. The van der Waals surface area contributed by atoms with Crippen molar-refractivity contribution in [2.45, 2.75) is 91.6 Å². The third kappa shape index (κ3) is 4.53. The zero-order chi connectivity index (χ0) is 31.7. The number of carbonyl (C=O) groups is 1. The fourth-order valence-corrected chi connectivity index (χ4v) is 8.78. The van der Waals surface area contributed by atoms with Crippen LogP contribution in [0.3, 0.4) is 0 Å². The average molecular weight is 602 g/mol. The highest BCUT2D eigenvalue weighted by Gasteiger charge is 2.49. The van der Waals surface area contributed by atoms with Crippen molar-refractivity contribution in [3.63, 3.8) is 0 Å². The molecule has 0 N–H and O–H groups in total. The molecule has 0 radical (unpaired) electrons. The highest BCUT2D eigenvalue weighted by atomic mass is 16.5. The van der Waals surface area contributed by atoms with Crippen molar-refractivity contribution in [2.24, 2.45) is 11.3 Å². The normalized spacial score (nSPS) is 18.9. The molecule has 2 atom stereocenters. The van der Waals surface area contributed by atoms with E-state index in [-0.39, 0.29) is 22.7 Å². The number of ether oxygens (including phenoxy) is 1. The summed E-state index contributed by atoms with van der Waals surface area (Å²) in [5, 5.41) is 3.35. The lowest BCUT2D eigenvalue weighted by molar-refractivity contribution is -0.707. The van der Waals surface area contributed by atoms with E-state index in [1.807, 2.05) is 18.2 Å². The second-order valence-electron chi connectivity index (χ2n) is 14.7. The molecular weight excluding hydrogens is 554 g/mol. The van der Waals surface area contributed by atoms with Crippen LogP contribution in [0.4, 0.5) is 0 Å². The van der Waals surface area contributed by atoms with Crippen molar-refractivity contribution in [3.05, 3.63) is 94.9 Å². The second kappa shape index (κ2) is 10.8. The summed E-state index contributed by atoms with van der Waals surface area (Å²) in [4.78, 5) is 13.4. The number of hydrogen-bond acceptors (Lipinski definition) is 2. The fraction of sp³-hybridized carbons (Fsp3) is 0.425. The predicted molar refractivity (Wildman–Crippen MR) is 182 cm³/mol. The molecule has 3 aromatic heterocycles. The van der Waals surface area contributed by atoms with Gasteiger partial charge in [0.25, 0.3) is 5.69 Å². The summed E-state index contributed by atoms with van der Waals surface area (Å²) >= 11 is 0. The Morgan fingerprint density at radius 1 is 1.04 bits per heavy atom. The molecule has 2 aliphatic rings. The monoisotopic (exact) mass is 601 g/mol. The van der Waals surface area contributed by atoms with Gasteiger partial charge in [0, 0.05) is 29.0 Å². The van der Waals surface area contributed by atoms with E-state index in [0.29, 0.717) is 11.6 Å². The summed E-state index contributed by atoms with van der Waals surface area (Å²) in [7, 11) is 1.49. The molecule has 0 saturated heterocycles. The number of methoxy groups -OCH3 is 1. The molecule has 7 rings (SSSR count). The molecule has 0 fully saturated rings. The molecule has 0 spiro atoms. The number of rotatable bonds is 6. The second-order valence-corrected chi connectivity index (χ2v) is 14.7. The van der Waals surface area contributed by atoms with E-state index in [9.17, 15) is 4.79 Å². The Balaban J connectivity index is 1.54. The molecule has 5 nitrogen and oxygen atoms in total. The van der Waals surface area contributed by atoms with E-state index in [4.69, 9.17) is 4.74 Å². The number of para-hydroxylation sites is 1. The molecule has 5 heteroatoms. The number of aromatic nitrogens is 3. The Labute approximate surface area is 267 Å². The average Bonchev–Trinajstić information content (AvgIpc) is 3.28. The first-order valence-electron chi connectivity index (χ1n) is 16.8. The Morgan fingerprint density at radius 2 is 1.80 bits per heavy atom. The standard InChI is InChI=1S/C40H47N3O2/c1-8-40(9-2)29(24-41-21-20-27-15-10-11-16-30(27)37(41)38(44)45-7)25-42-35-26(3)14-12-18-32(35)34-22-28(23-39(4,5)6)31-17-13-19-33(40)36(31)43(34)42/h10-13,15-22,26,29H,8-9,14,23-25H2,1-7H3/q+2. The van der Waals surface area contributed by atoms with Crippen LogP contribution in [0.2, 0.25) is 0 Å². The van der Waals surface area contributed by atoms with Crippen molar-refractivity contribution in [1.82, 2.24) is 4.68 Å². The quantitative estimate of drug-likeness (QED) is 0.146. The van der Waals surface area contributed by atoms with Crippen molar-refractivity contribution in [1.29, 1.82) is 0 Å². The molecule has 2 aromatic carbocycles. The molecule has 45 heavy (non-hydrogen) atoms. The van der Waals surface area contributed by atoms with Crippen LogP contribution < -0.4 is 9.08 Å². The molecule has 5 aromatic rings. The summed E-state index contributed by atoms with van der Waals surface area (Å²) in [6.07, 6.45) is 10.9. The maximum absolute atomic E-state index is 13.4. The van der Waals surface area contributed by atoms with Crippen molar-refractivity contribution < 1.29 is 18.6 Å². The van der Waals surface area contributed by atoms with Crippen LogP contribution in [0.5, 0.6) is 0 Å². The smallest absolute Gasteiger partial charge is 0.404 e. The summed E-state index contributed by atoms with van der Waals surface area (Å²) in [6.45, 7) is 15.7. The highest BCUT2D eigenvalue weighted by Crippen LogP contribution is 2.46. The number of fused-ring (bicyclic) bond motifs is 4. The van der Waals surface area contributed by atoms with Crippen LogP contribution in [0, 0.1) is 11.3 Å². The van der Waals surface area contributed by atoms with Gasteiger partial charge in [-0.2, -0.15) is 4.57 Å². The van der Waals surface area contributed by atoms with Crippen molar-refractivity contribution in [3.8, 4) is 0 Å². The van der Waals surface area contributed by atoms with Gasteiger partial charge in [-0.05, 0) is 54.2 Å². The lowest BCUT2D eigenvalue weighted by atomic mass is 9.65. The molecule has 1 aliphatic heterocycles. The van der Waals surface area contributed by atoms with E-state index in [0.717, 1.165) is 49.5 Å². The van der Waals surface area contributed by atoms with Gasteiger partial charge in [0.2, 0.25) is 11.0 Å². The summed E-state index contributed by atoms with van der Waals surface area (Å²) in [5.74, 6) is 0.370. The first-order chi connectivity index (χ1) is 21.6. The molecular formula is C40H47N3O2+2. The van der Waals surface area contributed by atoms with Gasteiger partial charge in [0.1, 0.15) is 0 Å². The van der Waals surface area contributed by atoms with Gasteiger partial charge >= 0.3 is 5.97 Å². The number of pyridine rings is 2. The van der Waals surface area contributed by atoms with Gasteiger partial charge in [0.15, 0.2) is 12.7 Å². The lowest BCUT2D eigenvalue weighted by Crippen LogP contribution is -2.50.